The highest BCUT2D eigenvalue weighted by Crippen LogP contribution is 2.30. The molecule has 86 valence electrons. The predicted molar refractivity (Wildman–Crippen MR) is 61.7 cm³/mol. The second-order valence-corrected chi connectivity index (χ2v) is 4.85. The van der Waals surface area contributed by atoms with Crippen molar-refractivity contribution in [1.82, 2.24) is 5.32 Å². The number of benzene rings is 1. The third-order valence-corrected chi connectivity index (χ3v) is 3.55. The molecule has 2 atom stereocenters. The molecule has 2 saturated heterocycles. The first-order chi connectivity index (χ1) is 7.79. The fourth-order valence-corrected chi connectivity index (χ4v) is 2.85. The quantitative estimate of drug-likeness (QED) is 0.800. The average molecular weight is 219 g/mol. The van der Waals surface area contributed by atoms with Crippen molar-refractivity contribution in [3.05, 3.63) is 24.3 Å². The molecule has 0 spiro atoms. The molecule has 2 unspecified atom stereocenters. The molecular weight excluding hydrogens is 202 g/mol. The number of fused-ring (bicyclic) bond motifs is 2. The van der Waals surface area contributed by atoms with E-state index in [4.69, 9.17) is 4.74 Å². The summed E-state index contributed by atoms with van der Waals surface area (Å²) in [6, 6.07) is 8.36. The molecule has 3 nitrogen and oxygen atoms in total. The molecule has 2 aliphatic heterocycles. The lowest BCUT2D eigenvalue weighted by Gasteiger charge is -2.29. The Balaban J connectivity index is 1.67. The Morgan fingerprint density at radius 1 is 1.19 bits per heavy atom. The summed E-state index contributed by atoms with van der Waals surface area (Å²) in [5.74, 6) is 1.06. The van der Waals surface area contributed by atoms with E-state index in [0.717, 1.165) is 18.6 Å². The number of aromatic hydroxyl groups is 1. The topological polar surface area (TPSA) is 41.5 Å². The van der Waals surface area contributed by atoms with Crippen molar-refractivity contribution in [3.8, 4) is 11.5 Å². The van der Waals surface area contributed by atoms with Gasteiger partial charge in [-0.1, -0.05) is 6.07 Å². The van der Waals surface area contributed by atoms with Crippen molar-refractivity contribution in [2.75, 3.05) is 0 Å². The van der Waals surface area contributed by atoms with Crippen molar-refractivity contribution < 1.29 is 9.84 Å². The van der Waals surface area contributed by atoms with Crippen LogP contribution in [-0.2, 0) is 0 Å². The zero-order chi connectivity index (χ0) is 11.0. The summed E-state index contributed by atoms with van der Waals surface area (Å²) < 4.78 is 5.92. The van der Waals surface area contributed by atoms with Crippen molar-refractivity contribution >= 4 is 0 Å². The monoisotopic (exact) mass is 219 g/mol. The van der Waals surface area contributed by atoms with E-state index in [1.165, 1.54) is 12.8 Å². The van der Waals surface area contributed by atoms with Gasteiger partial charge >= 0.3 is 0 Å². The van der Waals surface area contributed by atoms with E-state index in [1.807, 2.05) is 12.1 Å². The fourth-order valence-electron chi connectivity index (χ4n) is 2.85. The molecule has 2 N–H and O–H groups in total. The summed E-state index contributed by atoms with van der Waals surface area (Å²) in [6.07, 6.45) is 5.05. The Kier molecular flexibility index (Phi) is 2.48. The van der Waals surface area contributed by atoms with Gasteiger partial charge in [0.15, 0.2) is 0 Å². The second-order valence-electron chi connectivity index (χ2n) is 4.85. The predicted octanol–water partition coefficient (Wildman–Crippen LogP) is 2.05. The number of rotatable bonds is 2. The van der Waals surface area contributed by atoms with Gasteiger partial charge in [0.05, 0.1) is 0 Å². The molecular formula is C13H17NO2. The maximum atomic E-state index is 9.37. The average Bonchev–Trinajstić information content (AvgIpc) is 2.58. The summed E-state index contributed by atoms with van der Waals surface area (Å²) >= 11 is 0. The highest BCUT2D eigenvalue weighted by molar-refractivity contribution is 5.31. The van der Waals surface area contributed by atoms with Crippen LogP contribution in [-0.4, -0.2) is 23.3 Å². The Morgan fingerprint density at radius 2 is 1.94 bits per heavy atom. The lowest BCUT2D eigenvalue weighted by atomic mass is 10.0. The smallest absolute Gasteiger partial charge is 0.123 e. The first-order valence-corrected chi connectivity index (χ1v) is 6.01. The highest BCUT2D eigenvalue weighted by atomic mass is 16.5. The summed E-state index contributed by atoms with van der Waals surface area (Å²) in [5, 5.41) is 13.0. The minimum absolute atomic E-state index is 0.273. The second kappa shape index (κ2) is 3.98. The van der Waals surface area contributed by atoms with E-state index >= 15 is 0 Å². The number of hydrogen-bond acceptors (Lipinski definition) is 3. The van der Waals surface area contributed by atoms with Crippen LogP contribution in [0.1, 0.15) is 25.7 Å². The van der Waals surface area contributed by atoms with E-state index in [1.54, 1.807) is 12.1 Å². The van der Waals surface area contributed by atoms with E-state index < -0.39 is 0 Å². The first kappa shape index (κ1) is 9.97. The molecule has 0 aliphatic carbocycles. The molecule has 2 aliphatic rings. The summed E-state index contributed by atoms with van der Waals surface area (Å²) in [6.45, 7) is 0. The molecule has 3 heteroatoms. The van der Waals surface area contributed by atoms with E-state index in [2.05, 4.69) is 5.32 Å². The largest absolute Gasteiger partial charge is 0.508 e. The molecule has 2 fully saturated rings. The molecule has 1 aromatic carbocycles. The summed E-state index contributed by atoms with van der Waals surface area (Å²) in [7, 11) is 0. The molecule has 1 aromatic rings. The zero-order valence-electron chi connectivity index (χ0n) is 9.23. The van der Waals surface area contributed by atoms with Gasteiger partial charge in [0.2, 0.25) is 0 Å². The maximum absolute atomic E-state index is 9.37. The molecule has 3 rings (SSSR count). The number of nitrogens with one attached hydrogen (secondary N) is 1. The van der Waals surface area contributed by atoms with Crippen molar-refractivity contribution in [1.29, 1.82) is 0 Å². The Morgan fingerprint density at radius 3 is 2.62 bits per heavy atom. The maximum Gasteiger partial charge on any atom is 0.123 e. The molecule has 2 heterocycles. The van der Waals surface area contributed by atoms with Gasteiger partial charge in [0.1, 0.15) is 17.6 Å². The van der Waals surface area contributed by atoms with Crippen LogP contribution in [0.3, 0.4) is 0 Å². The third-order valence-electron chi connectivity index (χ3n) is 3.55. The van der Waals surface area contributed by atoms with Crippen LogP contribution in [0, 0.1) is 0 Å². The minimum Gasteiger partial charge on any atom is -0.508 e. The molecule has 0 amide bonds. The Labute approximate surface area is 95.4 Å². The fraction of sp³-hybridized carbons (Fsp3) is 0.538. The third kappa shape index (κ3) is 2.00. The van der Waals surface area contributed by atoms with Crippen molar-refractivity contribution in [2.24, 2.45) is 0 Å². The van der Waals surface area contributed by atoms with Crippen LogP contribution in [0.4, 0.5) is 0 Å². The van der Waals surface area contributed by atoms with E-state index in [-0.39, 0.29) is 5.75 Å². The Hall–Kier alpha value is -1.22. The van der Waals surface area contributed by atoms with Gasteiger partial charge in [0, 0.05) is 18.2 Å². The molecule has 0 aromatic heterocycles. The Bertz CT molecular complexity index is 368. The number of phenolic OH excluding ortho intramolecular Hbond substituents is 1. The van der Waals surface area contributed by atoms with Crippen LogP contribution < -0.4 is 10.1 Å². The van der Waals surface area contributed by atoms with Crippen LogP contribution >= 0.6 is 0 Å². The molecule has 16 heavy (non-hydrogen) atoms. The van der Waals surface area contributed by atoms with Gasteiger partial charge in [-0.2, -0.15) is 0 Å². The van der Waals surface area contributed by atoms with Gasteiger partial charge < -0.3 is 15.2 Å². The summed E-state index contributed by atoms with van der Waals surface area (Å²) in [5.41, 5.74) is 0. The van der Waals surface area contributed by atoms with Crippen molar-refractivity contribution in [3.63, 3.8) is 0 Å². The van der Waals surface area contributed by atoms with Crippen LogP contribution in [0.15, 0.2) is 24.3 Å². The molecule has 0 saturated carbocycles. The van der Waals surface area contributed by atoms with Crippen LogP contribution in [0.2, 0.25) is 0 Å². The lowest BCUT2D eigenvalue weighted by molar-refractivity contribution is 0.137. The number of phenols is 1. The first-order valence-electron chi connectivity index (χ1n) is 6.01. The van der Waals surface area contributed by atoms with Crippen LogP contribution in [0.5, 0.6) is 11.5 Å². The van der Waals surface area contributed by atoms with Gasteiger partial charge in [-0.05, 0) is 37.8 Å². The number of hydrogen-bond donors (Lipinski definition) is 2. The normalized spacial score (nSPS) is 32.6. The van der Waals surface area contributed by atoms with Gasteiger partial charge in [-0.3, -0.25) is 0 Å². The van der Waals surface area contributed by atoms with Gasteiger partial charge in [-0.25, -0.2) is 0 Å². The lowest BCUT2D eigenvalue weighted by Crippen LogP contribution is -2.42. The minimum atomic E-state index is 0.273. The van der Waals surface area contributed by atoms with Gasteiger partial charge in [0.25, 0.3) is 0 Å². The summed E-state index contributed by atoms with van der Waals surface area (Å²) in [4.78, 5) is 0. The zero-order valence-corrected chi connectivity index (χ0v) is 9.23. The number of ether oxygens (including phenoxy) is 1. The molecule has 0 radical (unpaired) electrons. The van der Waals surface area contributed by atoms with Crippen LogP contribution in [0.25, 0.3) is 0 Å². The van der Waals surface area contributed by atoms with Gasteiger partial charge in [-0.15, -0.1) is 0 Å². The highest BCUT2D eigenvalue weighted by Gasteiger charge is 2.34. The van der Waals surface area contributed by atoms with Crippen molar-refractivity contribution in [2.45, 2.75) is 43.9 Å². The standard InChI is InChI=1S/C13H17NO2/c15-11-2-1-3-12(8-11)16-13-6-9-4-5-10(7-13)14-9/h1-3,8-10,13-15H,4-7H2. The van der Waals surface area contributed by atoms with E-state index in [0.29, 0.717) is 18.2 Å². The number of piperidine rings is 1. The SMILES string of the molecule is Oc1cccc(OC2CC3CCC(C2)N3)c1. The van der Waals surface area contributed by atoms with E-state index in [9.17, 15) is 5.11 Å². The molecule has 2 bridgehead atoms.